The maximum Gasteiger partial charge on any atom is 0.318 e. The van der Waals surface area contributed by atoms with Crippen molar-refractivity contribution in [2.45, 2.75) is 19.8 Å². The predicted octanol–water partition coefficient (Wildman–Crippen LogP) is 1.86. The molecule has 0 unspecified atom stereocenters. The van der Waals surface area contributed by atoms with Crippen LogP contribution in [0.2, 0.25) is 0 Å². The highest BCUT2D eigenvalue weighted by Gasteiger charge is 2.21. The van der Waals surface area contributed by atoms with E-state index in [2.05, 4.69) is 15.2 Å². The van der Waals surface area contributed by atoms with Crippen molar-refractivity contribution in [3.8, 4) is 11.6 Å². The summed E-state index contributed by atoms with van der Waals surface area (Å²) in [6.45, 7) is 4.60. The molecule has 2 aromatic heterocycles. The van der Waals surface area contributed by atoms with E-state index in [0.29, 0.717) is 37.2 Å². The Labute approximate surface area is 169 Å². The number of nitrogens with zero attached hydrogens (tertiary/aromatic N) is 6. The van der Waals surface area contributed by atoms with E-state index >= 15 is 0 Å². The van der Waals surface area contributed by atoms with Gasteiger partial charge in [0.05, 0.1) is 30.8 Å². The number of hydrogen-bond donors (Lipinski definition) is 0. The number of aromatic nitrogens is 4. The number of aryl methyl sites for hydroxylation is 1. The van der Waals surface area contributed by atoms with Crippen LogP contribution in [0.3, 0.4) is 0 Å². The molecular formula is C20H24N6O3. The second-order valence-corrected chi connectivity index (χ2v) is 7.26. The molecule has 1 saturated heterocycles. The highest BCUT2D eigenvalue weighted by molar-refractivity contribution is 5.94. The van der Waals surface area contributed by atoms with Crippen molar-refractivity contribution in [2.24, 2.45) is 0 Å². The summed E-state index contributed by atoms with van der Waals surface area (Å²) in [5.74, 6) is 0.395. The summed E-state index contributed by atoms with van der Waals surface area (Å²) in [4.78, 5) is 24.9. The molecule has 0 spiro atoms. The van der Waals surface area contributed by atoms with Crippen molar-refractivity contribution in [1.29, 1.82) is 0 Å². The number of likely N-dealkylation sites (N-methyl/N-ethyl adjacent to an activating group) is 1. The molecule has 0 saturated carbocycles. The highest BCUT2D eigenvalue weighted by Crippen LogP contribution is 2.29. The van der Waals surface area contributed by atoms with Crippen molar-refractivity contribution in [3.63, 3.8) is 0 Å². The van der Waals surface area contributed by atoms with Crippen LogP contribution < -0.4 is 4.90 Å². The Bertz CT molecular complexity index is 972. The van der Waals surface area contributed by atoms with Gasteiger partial charge in [0.2, 0.25) is 5.91 Å². The third-order valence-electron chi connectivity index (χ3n) is 5.01. The van der Waals surface area contributed by atoms with E-state index in [1.807, 2.05) is 24.0 Å². The van der Waals surface area contributed by atoms with Gasteiger partial charge in [-0.25, -0.2) is 4.98 Å². The molecule has 1 aliphatic carbocycles. The number of carbonyl (C=O) groups excluding carboxylic acids is 1. The SMILES string of the molecule is Cc1ncc(C2=CC=C(C(=O)N(C)C)CC2)nc1-c1nnc(N2CCOCC2)o1. The molecule has 0 N–H and O–H groups in total. The fraction of sp³-hybridized carbons (Fsp3) is 0.450. The molecule has 9 nitrogen and oxygen atoms in total. The Morgan fingerprint density at radius 3 is 2.62 bits per heavy atom. The van der Waals surface area contributed by atoms with Crippen molar-refractivity contribution in [1.82, 2.24) is 25.1 Å². The van der Waals surface area contributed by atoms with E-state index in [-0.39, 0.29) is 5.91 Å². The van der Waals surface area contributed by atoms with Gasteiger partial charge in [-0.05, 0) is 25.3 Å². The lowest BCUT2D eigenvalue weighted by molar-refractivity contribution is -0.124. The van der Waals surface area contributed by atoms with Gasteiger partial charge in [-0.3, -0.25) is 9.78 Å². The predicted molar refractivity (Wildman–Crippen MR) is 107 cm³/mol. The van der Waals surface area contributed by atoms with Gasteiger partial charge in [0, 0.05) is 32.8 Å². The Kier molecular flexibility index (Phi) is 5.39. The second-order valence-electron chi connectivity index (χ2n) is 7.26. The molecule has 0 radical (unpaired) electrons. The number of amides is 1. The first-order valence-electron chi connectivity index (χ1n) is 9.65. The van der Waals surface area contributed by atoms with E-state index < -0.39 is 0 Å². The van der Waals surface area contributed by atoms with Crippen LogP contribution in [0.5, 0.6) is 0 Å². The quantitative estimate of drug-likeness (QED) is 0.773. The van der Waals surface area contributed by atoms with Crippen molar-refractivity contribution < 1.29 is 13.9 Å². The van der Waals surface area contributed by atoms with Gasteiger partial charge in [-0.2, -0.15) is 0 Å². The summed E-state index contributed by atoms with van der Waals surface area (Å²) in [5, 5.41) is 8.35. The van der Waals surface area contributed by atoms with Crippen LogP contribution in [0, 0.1) is 6.92 Å². The molecule has 2 aromatic rings. The molecule has 0 atom stereocenters. The largest absolute Gasteiger partial charge is 0.401 e. The van der Waals surface area contributed by atoms with Crippen LogP contribution in [-0.4, -0.2) is 71.4 Å². The zero-order chi connectivity index (χ0) is 20.4. The highest BCUT2D eigenvalue weighted by atomic mass is 16.5. The summed E-state index contributed by atoms with van der Waals surface area (Å²) in [7, 11) is 3.52. The topological polar surface area (TPSA) is 97.5 Å². The average molecular weight is 396 g/mol. The summed E-state index contributed by atoms with van der Waals surface area (Å²) < 4.78 is 11.2. The van der Waals surface area contributed by atoms with E-state index in [1.165, 1.54) is 0 Å². The van der Waals surface area contributed by atoms with Crippen LogP contribution >= 0.6 is 0 Å². The first-order chi connectivity index (χ1) is 14.0. The van der Waals surface area contributed by atoms with Crippen LogP contribution in [0.25, 0.3) is 17.2 Å². The van der Waals surface area contributed by atoms with E-state index in [4.69, 9.17) is 14.1 Å². The molecule has 4 rings (SSSR count). The third-order valence-corrected chi connectivity index (χ3v) is 5.01. The average Bonchev–Trinajstić information content (AvgIpc) is 3.24. The maximum absolute atomic E-state index is 12.1. The lowest BCUT2D eigenvalue weighted by Crippen LogP contribution is -2.36. The zero-order valence-corrected chi connectivity index (χ0v) is 16.9. The molecule has 2 aliphatic rings. The Morgan fingerprint density at radius 2 is 1.93 bits per heavy atom. The number of allylic oxidation sites excluding steroid dienone is 3. The number of rotatable bonds is 4. The molecule has 3 heterocycles. The standard InChI is InChI=1S/C20H24N6O3/c1-13-17(18-23-24-20(29-18)26-8-10-28-11-9-26)22-16(12-21-13)14-4-6-15(7-5-14)19(27)25(2)3/h4,6,12H,5,7-11H2,1-3H3. The van der Waals surface area contributed by atoms with E-state index in [1.54, 1.807) is 25.2 Å². The normalized spacial score (nSPS) is 17.0. The molecule has 1 amide bonds. The van der Waals surface area contributed by atoms with Crippen LogP contribution in [0.1, 0.15) is 24.2 Å². The molecule has 1 aliphatic heterocycles. The maximum atomic E-state index is 12.1. The zero-order valence-electron chi connectivity index (χ0n) is 16.9. The molecule has 0 aromatic carbocycles. The third kappa shape index (κ3) is 4.04. The first kappa shape index (κ1) is 19.3. The molecular weight excluding hydrogens is 372 g/mol. The number of morpholine rings is 1. The van der Waals surface area contributed by atoms with Gasteiger partial charge in [-0.15, -0.1) is 5.10 Å². The number of carbonyl (C=O) groups is 1. The van der Waals surface area contributed by atoms with Crippen molar-refractivity contribution >= 4 is 17.5 Å². The lowest BCUT2D eigenvalue weighted by Gasteiger charge is -2.24. The van der Waals surface area contributed by atoms with Crippen LogP contribution in [0.15, 0.2) is 28.3 Å². The van der Waals surface area contributed by atoms with Crippen molar-refractivity contribution in [2.75, 3.05) is 45.3 Å². The lowest BCUT2D eigenvalue weighted by atomic mass is 9.95. The summed E-state index contributed by atoms with van der Waals surface area (Å²) in [5.41, 5.74) is 3.88. The van der Waals surface area contributed by atoms with Gasteiger partial charge in [-0.1, -0.05) is 17.3 Å². The minimum absolute atomic E-state index is 0.0393. The molecule has 9 heteroatoms. The minimum atomic E-state index is 0.0393. The minimum Gasteiger partial charge on any atom is -0.401 e. The Morgan fingerprint density at radius 1 is 1.14 bits per heavy atom. The molecule has 152 valence electrons. The fourth-order valence-electron chi connectivity index (χ4n) is 3.32. The summed E-state index contributed by atoms with van der Waals surface area (Å²) >= 11 is 0. The Balaban J connectivity index is 1.59. The van der Waals surface area contributed by atoms with Crippen LogP contribution in [0.4, 0.5) is 6.01 Å². The van der Waals surface area contributed by atoms with Gasteiger partial charge < -0.3 is 19.0 Å². The smallest absolute Gasteiger partial charge is 0.318 e. The number of ether oxygens (including phenoxy) is 1. The second kappa shape index (κ2) is 8.12. The summed E-state index contributed by atoms with van der Waals surface area (Å²) in [6, 6.07) is 0.474. The van der Waals surface area contributed by atoms with E-state index in [0.717, 1.165) is 42.0 Å². The van der Waals surface area contributed by atoms with Gasteiger partial charge in [0.1, 0.15) is 5.69 Å². The van der Waals surface area contributed by atoms with Crippen molar-refractivity contribution in [3.05, 3.63) is 35.3 Å². The first-order valence-corrected chi connectivity index (χ1v) is 9.65. The van der Waals surface area contributed by atoms with Gasteiger partial charge in [0.25, 0.3) is 5.89 Å². The number of anilines is 1. The summed E-state index contributed by atoms with van der Waals surface area (Å²) in [6.07, 6.45) is 6.96. The van der Waals surface area contributed by atoms with Crippen LogP contribution in [-0.2, 0) is 9.53 Å². The Hall–Kier alpha value is -3.07. The fourth-order valence-corrected chi connectivity index (χ4v) is 3.32. The van der Waals surface area contributed by atoms with E-state index in [9.17, 15) is 4.79 Å². The van der Waals surface area contributed by atoms with Gasteiger partial charge >= 0.3 is 6.01 Å². The monoisotopic (exact) mass is 396 g/mol. The molecule has 0 bridgehead atoms. The molecule has 29 heavy (non-hydrogen) atoms. The number of hydrogen-bond acceptors (Lipinski definition) is 8. The molecule has 1 fully saturated rings. The van der Waals surface area contributed by atoms with Gasteiger partial charge in [0.15, 0.2) is 0 Å².